The Morgan fingerprint density at radius 2 is 1.85 bits per heavy atom. The van der Waals surface area contributed by atoms with Crippen LogP contribution in [0, 0.1) is 0 Å². The molecule has 11 heteroatoms. The number of nitrogens with zero attached hydrogens (tertiary/aromatic N) is 3. The van der Waals surface area contributed by atoms with E-state index in [1.165, 1.54) is 0 Å². The van der Waals surface area contributed by atoms with Gasteiger partial charge in [-0.25, -0.2) is 4.68 Å². The quantitative estimate of drug-likeness (QED) is 0.589. The molecule has 0 bridgehead atoms. The molecule has 2 N–H and O–H groups in total. The number of fused-ring (bicyclic) bond motifs is 2. The molecule has 0 saturated heterocycles. The molecule has 1 unspecified atom stereocenters. The summed E-state index contributed by atoms with van der Waals surface area (Å²) < 4.78 is 52.8. The van der Waals surface area contributed by atoms with Crippen LogP contribution in [-0.2, 0) is 11.0 Å². The number of allylic oxidation sites excluding steroid dienone is 1. The highest BCUT2D eigenvalue weighted by molar-refractivity contribution is 6.06. The van der Waals surface area contributed by atoms with Crippen molar-refractivity contribution in [2.45, 2.75) is 25.6 Å². The molecule has 176 valence electrons. The number of carbonyl (C=O) groups excluding carboxylic acids is 1. The normalized spacial score (nSPS) is 17.5. The molecule has 3 aromatic rings. The van der Waals surface area contributed by atoms with Gasteiger partial charge in [-0.1, -0.05) is 24.3 Å². The molecule has 0 radical (unpaired) electrons. The zero-order valence-electron chi connectivity index (χ0n) is 18.0. The summed E-state index contributed by atoms with van der Waals surface area (Å²) in [5.74, 6) is -0.916. The van der Waals surface area contributed by atoms with E-state index in [4.69, 9.17) is 9.47 Å². The lowest BCUT2D eigenvalue weighted by atomic mass is 9.94. The van der Waals surface area contributed by atoms with Gasteiger partial charge in [0.2, 0.25) is 5.95 Å². The van der Waals surface area contributed by atoms with Gasteiger partial charge in [0.15, 0.2) is 11.5 Å². The predicted octanol–water partition coefficient (Wildman–Crippen LogP) is 4.39. The van der Waals surface area contributed by atoms with Gasteiger partial charge in [-0.15, -0.1) is 5.10 Å². The van der Waals surface area contributed by atoms with E-state index >= 15 is 0 Å². The van der Waals surface area contributed by atoms with Crippen molar-refractivity contribution in [2.75, 3.05) is 23.8 Å². The van der Waals surface area contributed by atoms with Crippen molar-refractivity contribution in [1.82, 2.24) is 14.8 Å². The van der Waals surface area contributed by atoms with E-state index in [2.05, 4.69) is 20.7 Å². The van der Waals surface area contributed by atoms with Crippen molar-refractivity contribution >= 4 is 17.5 Å². The van der Waals surface area contributed by atoms with Crippen LogP contribution in [0.4, 0.5) is 24.8 Å². The topological polar surface area (TPSA) is 90.3 Å². The first-order chi connectivity index (χ1) is 16.3. The number of hydrogen-bond donors (Lipinski definition) is 2. The lowest BCUT2D eigenvalue weighted by Crippen LogP contribution is -2.31. The molecule has 2 aliphatic heterocycles. The van der Waals surface area contributed by atoms with Crippen LogP contribution in [0.25, 0.3) is 0 Å². The first-order valence-corrected chi connectivity index (χ1v) is 10.6. The molecule has 8 nitrogen and oxygen atoms in total. The average molecular weight is 471 g/mol. The van der Waals surface area contributed by atoms with Gasteiger partial charge in [0, 0.05) is 17.8 Å². The van der Waals surface area contributed by atoms with Crippen LogP contribution in [0.5, 0.6) is 11.5 Å². The Kier molecular flexibility index (Phi) is 5.39. The highest BCUT2D eigenvalue weighted by atomic mass is 19.4. The van der Waals surface area contributed by atoms with Crippen LogP contribution in [0.2, 0.25) is 0 Å². The van der Waals surface area contributed by atoms with Gasteiger partial charge in [0.25, 0.3) is 11.7 Å². The van der Waals surface area contributed by atoms with E-state index in [0.717, 1.165) is 4.68 Å². The molecule has 0 aliphatic carbocycles. The fraction of sp³-hybridized carbons (Fsp3) is 0.261. The second kappa shape index (κ2) is 8.40. The van der Waals surface area contributed by atoms with Gasteiger partial charge in [-0.2, -0.15) is 18.2 Å². The highest BCUT2D eigenvalue weighted by Gasteiger charge is 2.41. The molecular formula is C23H20F3N5O3. The standard InChI is InChI=1S/C23H20F3N5O3/c1-13-18(20(32)28-15-6-3-2-4-7-15)19(31-22(27-13)29-21(30-31)23(24,25)26)14-8-9-16-17(12-14)34-11-5-10-33-16/h2-4,6-9,12,19H,5,10-11H2,1H3,(H,28,32)(H,27,29,30). The minimum absolute atomic E-state index is 0.113. The molecule has 1 aromatic heterocycles. The second-order valence-corrected chi connectivity index (χ2v) is 7.84. The first-order valence-electron chi connectivity index (χ1n) is 10.6. The Labute approximate surface area is 192 Å². The number of amides is 1. The molecule has 2 aliphatic rings. The van der Waals surface area contributed by atoms with Gasteiger partial charge in [0.1, 0.15) is 6.04 Å². The summed E-state index contributed by atoms with van der Waals surface area (Å²) in [6, 6.07) is 12.8. The van der Waals surface area contributed by atoms with E-state index in [-0.39, 0.29) is 11.5 Å². The Hall–Kier alpha value is -4.02. The molecule has 1 atom stereocenters. The molecule has 1 amide bonds. The number of anilines is 2. The number of carbonyl (C=O) groups is 1. The Morgan fingerprint density at radius 1 is 1.12 bits per heavy atom. The van der Waals surface area contributed by atoms with Crippen molar-refractivity contribution in [3.63, 3.8) is 0 Å². The lowest BCUT2D eigenvalue weighted by molar-refractivity contribution is -0.145. The summed E-state index contributed by atoms with van der Waals surface area (Å²) in [6.45, 7) is 2.54. The molecule has 3 heterocycles. The monoisotopic (exact) mass is 471 g/mol. The number of aromatic nitrogens is 3. The summed E-state index contributed by atoms with van der Waals surface area (Å²) in [4.78, 5) is 17.0. The maximum absolute atomic E-state index is 13.4. The van der Waals surface area contributed by atoms with Crippen molar-refractivity contribution in [2.24, 2.45) is 0 Å². The van der Waals surface area contributed by atoms with Gasteiger partial charge < -0.3 is 20.1 Å². The number of alkyl halides is 3. The van der Waals surface area contributed by atoms with Gasteiger partial charge >= 0.3 is 6.18 Å². The van der Waals surface area contributed by atoms with Crippen LogP contribution in [0.1, 0.15) is 30.8 Å². The Bertz CT molecular complexity index is 1270. The van der Waals surface area contributed by atoms with Crippen LogP contribution >= 0.6 is 0 Å². The number of ether oxygens (including phenoxy) is 2. The summed E-state index contributed by atoms with van der Waals surface area (Å²) in [6.07, 6.45) is -4.05. The SMILES string of the molecule is CC1=C(C(=O)Nc2ccccc2)C(c2ccc3c(c2)OCCCO3)n2nc(C(F)(F)F)nc2N1. The fourth-order valence-electron chi connectivity index (χ4n) is 3.94. The molecule has 0 fully saturated rings. The third-order valence-corrected chi connectivity index (χ3v) is 5.47. The number of para-hydroxylation sites is 1. The maximum atomic E-state index is 13.4. The summed E-state index contributed by atoms with van der Waals surface area (Å²) in [5.41, 5.74) is 1.61. The van der Waals surface area contributed by atoms with Crippen LogP contribution < -0.4 is 20.1 Å². The third-order valence-electron chi connectivity index (χ3n) is 5.47. The molecule has 2 aromatic carbocycles. The zero-order chi connectivity index (χ0) is 23.9. The summed E-state index contributed by atoms with van der Waals surface area (Å²) in [5, 5.41) is 9.32. The van der Waals surface area contributed by atoms with Gasteiger partial charge in [0.05, 0.1) is 18.8 Å². The second-order valence-electron chi connectivity index (χ2n) is 7.84. The number of hydrogen-bond acceptors (Lipinski definition) is 6. The first kappa shape index (κ1) is 21.8. The predicted molar refractivity (Wildman–Crippen MR) is 117 cm³/mol. The van der Waals surface area contributed by atoms with E-state index < -0.39 is 23.9 Å². The Morgan fingerprint density at radius 3 is 2.59 bits per heavy atom. The van der Waals surface area contributed by atoms with Gasteiger partial charge in [-0.05, 0) is 36.8 Å². The Balaban J connectivity index is 1.62. The van der Waals surface area contributed by atoms with Crippen molar-refractivity contribution in [3.8, 4) is 11.5 Å². The minimum atomic E-state index is -4.75. The highest BCUT2D eigenvalue weighted by Crippen LogP contribution is 2.41. The molecule has 5 rings (SSSR count). The zero-order valence-corrected chi connectivity index (χ0v) is 18.0. The number of rotatable bonds is 3. The van der Waals surface area contributed by atoms with Crippen LogP contribution in [0.15, 0.2) is 59.8 Å². The summed E-state index contributed by atoms with van der Waals surface area (Å²) in [7, 11) is 0. The van der Waals surface area contributed by atoms with Crippen molar-refractivity contribution in [1.29, 1.82) is 0 Å². The lowest BCUT2D eigenvalue weighted by Gasteiger charge is -2.29. The largest absolute Gasteiger partial charge is 0.490 e. The molecular weight excluding hydrogens is 451 g/mol. The molecule has 34 heavy (non-hydrogen) atoms. The van der Waals surface area contributed by atoms with E-state index in [9.17, 15) is 18.0 Å². The van der Waals surface area contributed by atoms with E-state index in [1.54, 1.807) is 49.4 Å². The van der Waals surface area contributed by atoms with Crippen LogP contribution in [0.3, 0.4) is 0 Å². The van der Waals surface area contributed by atoms with Gasteiger partial charge in [-0.3, -0.25) is 4.79 Å². The van der Waals surface area contributed by atoms with Crippen molar-refractivity contribution in [3.05, 3.63) is 71.2 Å². The smallest absolute Gasteiger partial charge is 0.453 e. The third kappa shape index (κ3) is 4.04. The van der Waals surface area contributed by atoms with Crippen LogP contribution in [-0.4, -0.2) is 33.9 Å². The number of halogens is 3. The van der Waals surface area contributed by atoms with E-state index in [0.29, 0.717) is 48.1 Å². The van der Waals surface area contributed by atoms with Crippen molar-refractivity contribution < 1.29 is 27.4 Å². The number of nitrogens with one attached hydrogen (secondary N) is 2. The summed E-state index contributed by atoms with van der Waals surface area (Å²) >= 11 is 0. The fourth-order valence-corrected chi connectivity index (χ4v) is 3.94. The molecule has 0 spiro atoms. The minimum Gasteiger partial charge on any atom is -0.490 e. The molecule has 0 saturated carbocycles. The number of benzene rings is 2. The maximum Gasteiger partial charge on any atom is 0.453 e. The van der Waals surface area contributed by atoms with E-state index in [1.807, 2.05) is 6.07 Å². The average Bonchev–Trinajstić information content (AvgIpc) is 3.09.